The Labute approximate surface area is 90.6 Å². The van der Waals surface area contributed by atoms with Gasteiger partial charge in [-0.25, -0.2) is 5.01 Å². The highest BCUT2D eigenvalue weighted by atomic mass is 16.2. The molecule has 0 atom stereocenters. The normalized spacial score (nSPS) is 10.6. The van der Waals surface area contributed by atoms with Crippen LogP contribution < -0.4 is 5.43 Å². The van der Waals surface area contributed by atoms with Gasteiger partial charge in [-0.1, -0.05) is 0 Å². The zero-order chi connectivity index (χ0) is 11.1. The third-order valence-electron chi connectivity index (χ3n) is 2.11. The molecule has 0 fully saturated rings. The van der Waals surface area contributed by atoms with Crippen LogP contribution in [0.4, 0.5) is 0 Å². The van der Waals surface area contributed by atoms with Crippen molar-refractivity contribution < 1.29 is 4.79 Å². The molecule has 0 aliphatic rings. The third-order valence-corrected chi connectivity index (χ3v) is 2.11. The predicted octanol–water partition coefficient (Wildman–Crippen LogP) is 1.32. The number of H-pyrrole nitrogens is 1. The van der Waals surface area contributed by atoms with E-state index in [2.05, 4.69) is 16.5 Å². The summed E-state index contributed by atoms with van der Waals surface area (Å²) in [6, 6.07) is 4.06. The summed E-state index contributed by atoms with van der Waals surface area (Å²) in [4.78, 5) is 14.4. The number of unbranched alkanes of at least 4 members (excludes halogenated alkanes) is 1. The maximum Gasteiger partial charge on any atom is 0.234 e. The van der Waals surface area contributed by atoms with E-state index >= 15 is 0 Å². The van der Waals surface area contributed by atoms with Crippen LogP contribution in [0, 0.1) is 0 Å². The molecule has 0 saturated heterocycles. The lowest BCUT2D eigenvalue weighted by molar-refractivity contribution is -0.124. The molecule has 4 nitrogen and oxygen atoms in total. The minimum Gasteiger partial charge on any atom is -0.365 e. The maximum atomic E-state index is 11.3. The van der Waals surface area contributed by atoms with Crippen molar-refractivity contribution in [2.24, 2.45) is 0 Å². The fourth-order valence-corrected chi connectivity index (χ4v) is 1.43. The second kappa shape index (κ2) is 6.24. The number of aromatic nitrogens is 1. The van der Waals surface area contributed by atoms with E-state index in [4.69, 9.17) is 0 Å². The molecule has 0 radical (unpaired) electrons. The standard InChI is InChI=1S/C11H19N3O/c1-14(2)13-11(15)8-4-3-6-10-7-5-9-12-10/h5,7,9,12H,3-4,6,8H2,1-2H3,(H,13,15). The van der Waals surface area contributed by atoms with Crippen LogP contribution in [-0.2, 0) is 11.2 Å². The lowest BCUT2D eigenvalue weighted by atomic mass is 10.1. The molecule has 4 heteroatoms. The average Bonchev–Trinajstić information content (AvgIpc) is 2.63. The van der Waals surface area contributed by atoms with Crippen molar-refractivity contribution in [2.75, 3.05) is 14.1 Å². The first kappa shape index (κ1) is 11.8. The second-order valence-corrected chi connectivity index (χ2v) is 3.83. The Bertz CT molecular complexity index is 280. The van der Waals surface area contributed by atoms with Crippen molar-refractivity contribution in [2.45, 2.75) is 25.7 Å². The number of carbonyl (C=O) groups is 1. The minimum absolute atomic E-state index is 0.0893. The fourth-order valence-electron chi connectivity index (χ4n) is 1.43. The van der Waals surface area contributed by atoms with Gasteiger partial charge in [-0.05, 0) is 31.4 Å². The molecule has 0 aliphatic heterocycles. The van der Waals surface area contributed by atoms with Crippen LogP contribution >= 0.6 is 0 Å². The average molecular weight is 209 g/mol. The number of hydrazine groups is 1. The molecular formula is C11H19N3O. The van der Waals surface area contributed by atoms with E-state index in [1.165, 1.54) is 5.69 Å². The number of hydrogen-bond acceptors (Lipinski definition) is 2. The Hall–Kier alpha value is -1.29. The monoisotopic (exact) mass is 209 g/mol. The zero-order valence-corrected chi connectivity index (χ0v) is 9.42. The first-order valence-corrected chi connectivity index (χ1v) is 5.27. The van der Waals surface area contributed by atoms with E-state index in [1.807, 2.05) is 26.4 Å². The highest BCUT2D eigenvalue weighted by molar-refractivity contribution is 5.75. The lowest BCUT2D eigenvalue weighted by Gasteiger charge is -2.11. The molecule has 0 saturated carbocycles. The molecule has 1 amide bonds. The molecule has 0 unspecified atom stereocenters. The molecule has 0 spiro atoms. The topological polar surface area (TPSA) is 48.1 Å². The van der Waals surface area contributed by atoms with E-state index in [1.54, 1.807) is 5.01 Å². The van der Waals surface area contributed by atoms with E-state index in [-0.39, 0.29) is 5.91 Å². The number of aryl methyl sites for hydroxylation is 1. The summed E-state index contributed by atoms with van der Waals surface area (Å²) in [5, 5.41) is 1.67. The van der Waals surface area contributed by atoms with E-state index < -0.39 is 0 Å². The van der Waals surface area contributed by atoms with Gasteiger partial charge in [0, 0.05) is 32.4 Å². The van der Waals surface area contributed by atoms with Crippen LogP contribution in [0.15, 0.2) is 18.3 Å². The first-order valence-electron chi connectivity index (χ1n) is 5.27. The van der Waals surface area contributed by atoms with Crippen LogP contribution in [0.2, 0.25) is 0 Å². The van der Waals surface area contributed by atoms with Crippen LogP contribution in [0.1, 0.15) is 25.0 Å². The van der Waals surface area contributed by atoms with Gasteiger partial charge < -0.3 is 4.98 Å². The Morgan fingerprint density at radius 2 is 2.27 bits per heavy atom. The molecule has 1 heterocycles. The van der Waals surface area contributed by atoms with E-state index in [0.717, 1.165) is 19.3 Å². The Morgan fingerprint density at radius 1 is 1.47 bits per heavy atom. The summed E-state index contributed by atoms with van der Waals surface area (Å²) < 4.78 is 0. The van der Waals surface area contributed by atoms with Gasteiger partial charge in [-0.3, -0.25) is 10.2 Å². The SMILES string of the molecule is CN(C)NC(=O)CCCCc1ccc[nH]1. The number of nitrogens with zero attached hydrogens (tertiary/aromatic N) is 1. The number of nitrogens with one attached hydrogen (secondary N) is 2. The minimum atomic E-state index is 0.0893. The van der Waals surface area contributed by atoms with Crippen LogP contribution in [0.3, 0.4) is 0 Å². The number of rotatable bonds is 6. The number of amides is 1. The molecular weight excluding hydrogens is 190 g/mol. The van der Waals surface area contributed by atoms with Gasteiger partial charge in [0.05, 0.1) is 0 Å². The van der Waals surface area contributed by atoms with Gasteiger partial charge in [0.15, 0.2) is 0 Å². The van der Waals surface area contributed by atoms with Gasteiger partial charge in [0.25, 0.3) is 0 Å². The molecule has 2 N–H and O–H groups in total. The highest BCUT2D eigenvalue weighted by Gasteiger charge is 2.01. The predicted molar refractivity (Wildman–Crippen MR) is 60.2 cm³/mol. The Balaban J connectivity index is 2.04. The fraction of sp³-hybridized carbons (Fsp3) is 0.545. The summed E-state index contributed by atoms with van der Waals surface area (Å²) in [5.74, 6) is 0.0893. The molecule has 0 bridgehead atoms. The molecule has 84 valence electrons. The summed E-state index contributed by atoms with van der Waals surface area (Å²) in [6.07, 6.45) is 5.51. The second-order valence-electron chi connectivity index (χ2n) is 3.83. The van der Waals surface area contributed by atoms with Gasteiger partial charge in [0.1, 0.15) is 0 Å². The number of aromatic amines is 1. The van der Waals surface area contributed by atoms with Crippen molar-refractivity contribution in [3.8, 4) is 0 Å². The molecule has 15 heavy (non-hydrogen) atoms. The molecule has 1 rings (SSSR count). The van der Waals surface area contributed by atoms with Gasteiger partial charge in [0.2, 0.25) is 5.91 Å². The summed E-state index contributed by atoms with van der Waals surface area (Å²) in [6.45, 7) is 0. The zero-order valence-electron chi connectivity index (χ0n) is 9.42. The molecule has 0 aliphatic carbocycles. The quantitative estimate of drug-likeness (QED) is 0.548. The summed E-state index contributed by atoms with van der Waals surface area (Å²) in [5.41, 5.74) is 3.96. The summed E-state index contributed by atoms with van der Waals surface area (Å²) >= 11 is 0. The molecule has 1 aromatic rings. The van der Waals surface area contributed by atoms with Crippen molar-refractivity contribution in [1.29, 1.82) is 0 Å². The molecule has 0 aromatic carbocycles. The van der Waals surface area contributed by atoms with Gasteiger partial charge >= 0.3 is 0 Å². The van der Waals surface area contributed by atoms with Gasteiger partial charge in [-0.15, -0.1) is 0 Å². The highest BCUT2D eigenvalue weighted by Crippen LogP contribution is 2.03. The van der Waals surface area contributed by atoms with Crippen LogP contribution in [0.5, 0.6) is 0 Å². The summed E-state index contributed by atoms with van der Waals surface area (Å²) in [7, 11) is 3.63. The largest absolute Gasteiger partial charge is 0.365 e. The first-order chi connectivity index (χ1) is 7.18. The van der Waals surface area contributed by atoms with Crippen molar-refractivity contribution in [3.05, 3.63) is 24.0 Å². The third kappa shape index (κ3) is 5.22. The maximum absolute atomic E-state index is 11.3. The Kier molecular flexibility index (Phi) is 4.90. The van der Waals surface area contributed by atoms with Gasteiger partial charge in [-0.2, -0.15) is 0 Å². The van der Waals surface area contributed by atoms with Crippen LogP contribution in [-0.4, -0.2) is 30.0 Å². The lowest BCUT2D eigenvalue weighted by Crippen LogP contribution is -2.35. The molecule has 1 aromatic heterocycles. The van der Waals surface area contributed by atoms with Crippen molar-refractivity contribution in [1.82, 2.24) is 15.4 Å². The van der Waals surface area contributed by atoms with Crippen LogP contribution in [0.25, 0.3) is 0 Å². The van der Waals surface area contributed by atoms with Crippen molar-refractivity contribution >= 4 is 5.91 Å². The van der Waals surface area contributed by atoms with E-state index in [9.17, 15) is 4.79 Å². The Morgan fingerprint density at radius 3 is 2.87 bits per heavy atom. The van der Waals surface area contributed by atoms with E-state index in [0.29, 0.717) is 6.42 Å². The smallest absolute Gasteiger partial charge is 0.234 e. The van der Waals surface area contributed by atoms with Crippen molar-refractivity contribution in [3.63, 3.8) is 0 Å². The number of carbonyl (C=O) groups excluding carboxylic acids is 1. The number of hydrogen-bond donors (Lipinski definition) is 2.